The van der Waals surface area contributed by atoms with Crippen LogP contribution >= 0.6 is 0 Å². The minimum absolute atomic E-state index is 0.198. The third-order valence-electron chi connectivity index (χ3n) is 3.74. The Morgan fingerprint density at radius 3 is 2.64 bits per heavy atom. The number of benzene rings is 2. The zero-order valence-electron chi connectivity index (χ0n) is 14.2. The fourth-order valence-electron chi connectivity index (χ4n) is 2.38. The van der Waals surface area contributed by atoms with Gasteiger partial charge in [0, 0.05) is 18.5 Å². The SMILES string of the molecule is COc1ccccc1C(=O)NCCc1nnc(-c2ccc(C)cc2)o1. The Balaban J connectivity index is 1.57. The molecule has 128 valence electrons. The molecule has 0 aliphatic rings. The molecule has 0 spiro atoms. The Hall–Kier alpha value is -3.15. The van der Waals surface area contributed by atoms with Gasteiger partial charge in [0.15, 0.2) is 0 Å². The number of hydrogen-bond donors (Lipinski definition) is 1. The first-order valence-electron chi connectivity index (χ1n) is 7.98. The van der Waals surface area contributed by atoms with Crippen LogP contribution in [0.5, 0.6) is 5.75 Å². The molecule has 0 aliphatic carbocycles. The minimum Gasteiger partial charge on any atom is -0.496 e. The minimum atomic E-state index is -0.198. The fourth-order valence-corrected chi connectivity index (χ4v) is 2.38. The van der Waals surface area contributed by atoms with Crippen molar-refractivity contribution < 1.29 is 13.9 Å². The summed E-state index contributed by atoms with van der Waals surface area (Å²) in [6.45, 7) is 2.42. The van der Waals surface area contributed by atoms with Gasteiger partial charge in [0.25, 0.3) is 5.91 Å². The highest BCUT2D eigenvalue weighted by molar-refractivity contribution is 5.96. The number of aromatic nitrogens is 2. The molecule has 0 saturated heterocycles. The number of methoxy groups -OCH3 is 1. The number of para-hydroxylation sites is 1. The van der Waals surface area contributed by atoms with E-state index >= 15 is 0 Å². The molecule has 1 aromatic heterocycles. The zero-order chi connectivity index (χ0) is 17.6. The predicted octanol–water partition coefficient (Wildman–Crippen LogP) is 3.03. The molecule has 6 nitrogen and oxygen atoms in total. The normalized spacial score (nSPS) is 10.5. The third kappa shape index (κ3) is 4.03. The van der Waals surface area contributed by atoms with Crippen LogP contribution in [0.1, 0.15) is 21.8 Å². The Kier molecular flexibility index (Phi) is 5.09. The first-order valence-corrected chi connectivity index (χ1v) is 7.98. The smallest absolute Gasteiger partial charge is 0.255 e. The van der Waals surface area contributed by atoms with Crippen molar-refractivity contribution in [2.24, 2.45) is 0 Å². The second-order valence-electron chi connectivity index (χ2n) is 5.57. The third-order valence-corrected chi connectivity index (χ3v) is 3.74. The van der Waals surface area contributed by atoms with Crippen molar-refractivity contribution in [1.29, 1.82) is 0 Å². The lowest BCUT2D eigenvalue weighted by Gasteiger charge is -2.08. The molecule has 1 heterocycles. The van der Waals surface area contributed by atoms with Crippen LogP contribution in [0, 0.1) is 6.92 Å². The van der Waals surface area contributed by atoms with Gasteiger partial charge in [-0.15, -0.1) is 10.2 Å². The van der Waals surface area contributed by atoms with Gasteiger partial charge in [-0.1, -0.05) is 29.8 Å². The number of carbonyl (C=O) groups excluding carboxylic acids is 1. The Morgan fingerprint density at radius 1 is 1.12 bits per heavy atom. The number of nitrogens with zero attached hydrogens (tertiary/aromatic N) is 2. The van der Waals surface area contributed by atoms with Crippen molar-refractivity contribution in [1.82, 2.24) is 15.5 Å². The van der Waals surface area contributed by atoms with Crippen molar-refractivity contribution in [2.45, 2.75) is 13.3 Å². The van der Waals surface area contributed by atoms with Gasteiger partial charge in [0.05, 0.1) is 12.7 Å². The molecule has 1 amide bonds. The number of rotatable bonds is 6. The maximum Gasteiger partial charge on any atom is 0.255 e. The molecule has 0 atom stereocenters. The second-order valence-corrected chi connectivity index (χ2v) is 5.57. The van der Waals surface area contributed by atoms with E-state index in [1.54, 1.807) is 18.2 Å². The Labute approximate surface area is 145 Å². The highest BCUT2D eigenvalue weighted by Gasteiger charge is 2.12. The van der Waals surface area contributed by atoms with Crippen LogP contribution in [0.25, 0.3) is 11.5 Å². The average molecular weight is 337 g/mol. The molecule has 0 bridgehead atoms. The van der Waals surface area contributed by atoms with Crippen LogP contribution in [0.2, 0.25) is 0 Å². The van der Waals surface area contributed by atoms with Gasteiger partial charge in [-0.05, 0) is 31.2 Å². The summed E-state index contributed by atoms with van der Waals surface area (Å²) in [4.78, 5) is 12.2. The lowest BCUT2D eigenvalue weighted by molar-refractivity contribution is 0.0950. The highest BCUT2D eigenvalue weighted by atomic mass is 16.5. The van der Waals surface area contributed by atoms with Gasteiger partial charge >= 0.3 is 0 Å². The van der Waals surface area contributed by atoms with E-state index < -0.39 is 0 Å². The monoisotopic (exact) mass is 337 g/mol. The van der Waals surface area contributed by atoms with Crippen molar-refractivity contribution in [2.75, 3.05) is 13.7 Å². The molecule has 0 unspecified atom stereocenters. The van der Waals surface area contributed by atoms with Gasteiger partial charge in [0.1, 0.15) is 5.75 Å². The van der Waals surface area contributed by atoms with E-state index in [2.05, 4.69) is 15.5 Å². The van der Waals surface area contributed by atoms with E-state index in [1.165, 1.54) is 12.7 Å². The topological polar surface area (TPSA) is 77.2 Å². The van der Waals surface area contributed by atoms with Crippen LogP contribution in [0.4, 0.5) is 0 Å². The number of aryl methyl sites for hydroxylation is 1. The van der Waals surface area contributed by atoms with Crippen LogP contribution in [0.15, 0.2) is 52.9 Å². The predicted molar refractivity (Wildman–Crippen MR) is 93.5 cm³/mol. The number of hydrogen-bond acceptors (Lipinski definition) is 5. The first-order chi connectivity index (χ1) is 12.2. The van der Waals surface area contributed by atoms with Gasteiger partial charge in [-0.2, -0.15) is 0 Å². The molecule has 0 fully saturated rings. The maximum atomic E-state index is 12.2. The van der Waals surface area contributed by atoms with Crippen molar-refractivity contribution in [3.8, 4) is 17.2 Å². The summed E-state index contributed by atoms with van der Waals surface area (Å²) >= 11 is 0. The van der Waals surface area contributed by atoms with Crippen LogP contribution in [0.3, 0.4) is 0 Å². The van der Waals surface area contributed by atoms with Crippen LogP contribution in [-0.4, -0.2) is 29.8 Å². The molecule has 3 aromatic rings. The first kappa shape index (κ1) is 16.7. The summed E-state index contributed by atoms with van der Waals surface area (Å²) in [6, 6.07) is 15.0. The lowest BCUT2D eigenvalue weighted by atomic mass is 10.1. The molecule has 0 radical (unpaired) electrons. The van der Waals surface area contributed by atoms with E-state index in [9.17, 15) is 4.79 Å². The fraction of sp³-hybridized carbons (Fsp3) is 0.211. The Morgan fingerprint density at radius 2 is 1.88 bits per heavy atom. The van der Waals surface area contributed by atoms with Crippen molar-refractivity contribution in [3.63, 3.8) is 0 Å². The van der Waals surface area contributed by atoms with Gasteiger partial charge in [0.2, 0.25) is 11.8 Å². The summed E-state index contributed by atoms with van der Waals surface area (Å²) in [5.74, 6) is 1.30. The molecule has 0 aliphatic heterocycles. The molecule has 2 aromatic carbocycles. The lowest BCUT2D eigenvalue weighted by Crippen LogP contribution is -2.26. The average Bonchev–Trinajstić information content (AvgIpc) is 3.11. The van der Waals surface area contributed by atoms with Crippen molar-refractivity contribution >= 4 is 5.91 Å². The summed E-state index contributed by atoms with van der Waals surface area (Å²) in [5.41, 5.74) is 2.54. The number of ether oxygens (including phenoxy) is 1. The van der Waals surface area contributed by atoms with E-state index in [4.69, 9.17) is 9.15 Å². The largest absolute Gasteiger partial charge is 0.496 e. The van der Waals surface area contributed by atoms with Gasteiger partial charge in [-0.25, -0.2) is 0 Å². The number of carbonyl (C=O) groups is 1. The van der Waals surface area contributed by atoms with E-state index in [1.807, 2.05) is 37.3 Å². The van der Waals surface area contributed by atoms with Crippen molar-refractivity contribution in [3.05, 3.63) is 65.5 Å². The van der Waals surface area contributed by atoms with E-state index in [0.29, 0.717) is 36.1 Å². The second kappa shape index (κ2) is 7.61. The standard InChI is InChI=1S/C19H19N3O3/c1-13-7-9-14(10-8-13)19-22-21-17(25-19)11-12-20-18(23)15-5-3-4-6-16(15)24-2/h3-10H,11-12H2,1-2H3,(H,20,23). The number of nitrogens with one attached hydrogen (secondary N) is 1. The molecular formula is C19H19N3O3. The molecule has 25 heavy (non-hydrogen) atoms. The molecular weight excluding hydrogens is 318 g/mol. The summed E-state index contributed by atoms with van der Waals surface area (Å²) in [7, 11) is 1.54. The summed E-state index contributed by atoms with van der Waals surface area (Å²) < 4.78 is 10.8. The zero-order valence-corrected chi connectivity index (χ0v) is 14.2. The summed E-state index contributed by atoms with van der Waals surface area (Å²) in [6.07, 6.45) is 0.458. The highest BCUT2D eigenvalue weighted by Crippen LogP contribution is 2.19. The molecule has 6 heteroatoms. The molecule has 0 saturated carbocycles. The van der Waals surface area contributed by atoms with Crippen LogP contribution in [-0.2, 0) is 6.42 Å². The number of amides is 1. The molecule has 1 N–H and O–H groups in total. The van der Waals surface area contributed by atoms with E-state index in [-0.39, 0.29) is 5.91 Å². The van der Waals surface area contributed by atoms with E-state index in [0.717, 1.165) is 5.56 Å². The quantitative estimate of drug-likeness (QED) is 0.748. The van der Waals surface area contributed by atoms with Crippen LogP contribution < -0.4 is 10.1 Å². The van der Waals surface area contributed by atoms with Gasteiger partial charge in [-0.3, -0.25) is 4.79 Å². The summed E-state index contributed by atoms with van der Waals surface area (Å²) in [5, 5.41) is 10.9. The Bertz CT molecular complexity index is 856. The van der Waals surface area contributed by atoms with Gasteiger partial charge < -0.3 is 14.5 Å². The maximum absolute atomic E-state index is 12.2. The molecule has 3 rings (SSSR count).